The van der Waals surface area contributed by atoms with Crippen LogP contribution in [0.4, 0.5) is 19.0 Å². The van der Waals surface area contributed by atoms with Crippen LogP contribution in [0, 0.1) is 25.2 Å². The van der Waals surface area contributed by atoms with Crippen molar-refractivity contribution in [2.75, 3.05) is 18.4 Å². The van der Waals surface area contributed by atoms with E-state index in [0.717, 1.165) is 67.7 Å². The standard InChI is InChI=1S/C33H33F3N6S/c1-21-4-3-5-23(14-21)8-13-42-26(18-37)15-28-22(2)24(6-7-30(28)42)19-41-11-9-25(10-12-41)40-31-29-16-27(17-33(34,35)36)43-32(29)39-20-38-31/h3-7,14-16,20,25H,8-13,17,19H2,1-2H3,(H,38,39,40). The van der Waals surface area contributed by atoms with Crippen molar-refractivity contribution in [3.8, 4) is 6.07 Å². The SMILES string of the molecule is Cc1cccc(CCn2c(C#N)cc3c(C)c(CN4CCC(Nc5ncnc6sc(CC(F)(F)F)cc56)CC4)ccc32)c1. The van der Waals surface area contributed by atoms with Crippen LogP contribution in [0.15, 0.2) is 54.9 Å². The Labute approximate surface area is 252 Å². The van der Waals surface area contributed by atoms with E-state index in [2.05, 4.69) is 81.1 Å². The molecule has 4 heterocycles. The van der Waals surface area contributed by atoms with E-state index in [9.17, 15) is 18.4 Å². The fraction of sp³-hybridized carbons (Fsp3) is 0.364. The number of nitriles is 1. The number of anilines is 1. The van der Waals surface area contributed by atoms with Crippen LogP contribution in [0.1, 0.15) is 45.7 Å². The van der Waals surface area contributed by atoms with E-state index in [1.807, 2.05) is 6.07 Å². The number of aromatic nitrogens is 3. The lowest BCUT2D eigenvalue weighted by molar-refractivity contribution is -0.126. The number of alkyl halides is 3. The number of thiophene rings is 1. The van der Waals surface area contributed by atoms with E-state index in [1.165, 1.54) is 28.6 Å². The summed E-state index contributed by atoms with van der Waals surface area (Å²) in [6, 6.07) is 19.0. The van der Waals surface area contributed by atoms with Gasteiger partial charge >= 0.3 is 6.18 Å². The zero-order valence-corrected chi connectivity index (χ0v) is 25.0. The number of aryl methyl sites for hydroxylation is 4. The quantitative estimate of drug-likeness (QED) is 0.199. The highest BCUT2D eigenvalue weighted by molar-refractivity contribution is 7.18. The third kappa shape index (κ3) is 6.53. The number of piperidine rings is 1. The molecule has 5 aromatic rings. The number of fused-ring (bicyclic) bond motifs is 2. The first-order chi connectivity index (χ1) is 20.7. The average molecular weight is 603 g/mol. The Bertz CT molecular complexity index is 1810. The second kappa shape index (κ2) is 12.0. The van der Waals surface area contributed by atoms with Crippen molar-refractivity contribution < 1.29 is 13.2 Å². The van der Waals surface area contributed by atoms with E-state index in [1.54, 1.807) is 6.07 Å². The van der Waals surface area contributed by atoms with Crippen molar-refractivity contribution in [1.82, 2.24) is 19.4 Å². The Morgan fingerprint density at radius 3 is 2.60 bits per heavy atom. The van der Waals surface area contributed by atoms with Gasteiger partial charge < -0.3 is 9.88 Å². The minimum absolute atomic E-state index is 0.185. The third-order valence-corrected chi connectivity index (χ3v) is 9.41. The lowest BCUT2D eigenvalue weighted by atomic mass is 10.0. The maximum absolute atomic E-state index is 12.9. The van der Waals surface area contributed by atoms with Crippen molar-refractivity contribution in [2.45, 2.75) is 64.8 Å². The Balaban J connectivity index is 1.10. The van der Waals surface area contributed by atoms with Gasteiger partial charge in [-0.2, -0.15) is 18.4 Å². The summed E-state index contributed by atoms with van der Waals surface area (Å²) in [7, 11) is 0. The summed E-state index contributed by atoms with van der Waals surface area (Å²) >= 11 is 1.07. The maximum Gasteiger partial charge on any atom is 0.393 e. The number of likely N-dealkylation sites (tertiary alicyclic amines) is 1. The van der Waals surface area contributed by atoms with E-state index in [4.69, 9.17) is 0 Å². The fourth-order valence-electron chi connectivity index (χ4n) is 6.11. The van der Waals surface area contributed by atoms with E-state index in [0.29, 0.717) is 21.7 Å². The number of halogens is 3. The molecule has 1 aliphatic heterocycles. The van der Waals surface area contributed by atoms with Crippen molar-refractivity contribution in [3.05, 3.63) is 87.7 Å². The van der Waals surface area contributed by atoms with Gasteiger partial charge in [0.15, 0.2) is 0 Å². The predicted molar refractivity (Wildman–Crippen MR) is 165 cm³/mol. The normalized spacial score (nSPS) is 14.9. The van der Waals surface area contributed by atoms with Gasteiger partial charge in [-0.1, -0.05) is 35.9 Å². The highest BCUT2D eigenvalue weighted by Gasteiger charge is 2.29. The molecule has 0 bridgehead atoms. The number of nitrogens with one attached hydrogen (secondary N) is 1. The van der Waals surface area contributed by atoms with Gasteiger partial charge in [-0.25, -0.2) is 9.97 Å². The Morgan fingerprint density at radius 2 is 1.86 bits per heavy atom. The highest BCUT2D eigenvalue weighted by Crippen LogP contribution is 2.33. The van der Waals surface area contributed by atoms with Crippen molar-refractivity contribution in [2.24, 2.45) is 0 Å². The monoisotopic (exact) mass is 602 g/mol. The summed E-state index contributed by atoms with van der Waals surface area (Å²) in [5, 5.41) is 15.1. The molecule has 6 nitrogen and oxygen atoms in total. The number of hydrogen-bond donors (Lipinski definition) is 1. The zero-order valence-electron chi connectivity index (χ0n) is 24.2. The molecule has 3 aromatic heterocycles. The van der Waals surface area contributed by atoms with Crippen LogP contribution in [0.5, 0.6) is 0 Å². The van der Waals surface area contributed by atoms with Gasteiger partial charge in [0, 0.05) is 48.0 Å². The molecule has 1 aliphatic rings. The van der Waals surface area contributed by atoms with Crippen LogP contribution in [-0.2, 0) is 25.9 Å². The largest absolute Gasteiger partial charge is 0.393 e. The van der Waals surface area contributed by atoms with Crippen LogP contribution in [-0.4, -0.2) is 44.7 Å². The lowest BCUT2D eigenvalue weighted by Gasteiger charge is -2.33. The Hall–Kier alpha value is -3.94. The van der Waals surface area contributed by atoms with Gasteiger partial charge in [0.1, 0.15) is 28.7 Å². The summed E-state index contributed by atoms with van der Waals surface area (Å²) < 4.78 is 40.9. The summed E-state index contributed by atoms with van der Waals surface area (Å²) in [6.07, 6.45) is -1.11. The molecule has 222 valence electrons. The molecule has 2 aromatic carbocycles. The van der Waals surface area contributed by atoms with Gasteiger partial charge in [-0.05, 0) is 68.0 Å². The van der Waals surface area contributed by atoms with E-state index in [-0.39, 0.29) is 10.9 Å². The predicted octanol–water partition coefficient (Wildman–Crippen LogP) is 7.56. The van der Waals surface area contributed by atoms with Crippen molar-refractivity contribution >= 4 is 38.3 Å². The second-order valence-electron chi connectivity index (χ2n) is 11.5. The molecular formula is C33H33F3N6S. The molecule has 0 amide bonds. The second-order valence-corrected chi connectivity index (χ2v) is 12.6. The topological polar surface area (TPSA) is 69.8 Å². The first-order valence-corrected chi connectivity index (χ1v) is 15.3. The van der Waals surface area contributed by atoms with Crippen LogP contribution in [0.25, 0.3) is 21.1 Å². The van der Waals surface area contributed by atoms with Crippen LogP contribution >= 0.6 is 11.3 Å². The van der Waals surface area contributed by atoms with Crippen molar-refractivity contribution in [3.63, 3.8) is 0 Å². The Kier molecular flexibility index (Phi) is 8.12. The van der Waals surface area contributed by atoms with Gasteiger partial charge in [-0.3, -0.25) is 4.90 Å². The summed E-state index contributed by atoms with van der Waals surface area (Å²) in [4.78, 5) is 11.8. The summed E-state index contributed by atoms with van der Waals surface area (Å²) in [6.45, 7) is 7.61. The minimum Gasteiger partial charge on any atom is -0.367 e. The lowest BCUT2D eigenvalue weighted by Crippen LogP contribution is -2.39. The molecule has 0 aliphatic carbocycles. The summed E-state index contributed by atoms with van der Waals surface area (Å²) in [5.74, 6) is 0.606. The molecule has 0 saturated carbocycles. The molecule has 1 N–H and O–H groups in total. The van der Waals surface area contributed by atoms with Gasteiger partial charge in [0.2, 0.25) is 0 Å². The van der Waals surface area contributed by atoms with Crippen LogP contribution < -0.4 is 5.32 Å². The molecule has 1 saturated heterocycles. The molecule has 1 fully saturated rings. The third-order valence-electron chi connectivity index (χ3n) is 8.37. The molecule has 43 heavy (non-hydrogen) atoms. The molecule has 0 unspecified atom stereocenters. The Morgan fingerprint density at radius 1 is 1.05 bits per heavy atom. The molecule has 0 radical (unpaired) electrons. The fourth-order valence-corrected chi connectivity index (χ4v) is 7.14. The molecule has 10 heteroatoms. The summed E-state index contributed by atoms with van der Waals surface area (Å²) in [5.41, 5.74) is 6.75. The average Bonchev–Trinajstić information content (AvgIpc) is 3.55. The van der Waals surface area contributed by atoms with Crippen LogP contribution in [0.3, 0.4) is 0 Å². The number of rotatable bonds is 8. The first kappa shape index (κ1) is 29.1. The van der Waals surface area contributed by atoms with Gasteiger partial charge in [0.05, 0.1) is 11.8 Å². The molecule has 6 rings (SSSR count). The molecular weight excluding hydrogens is 569 g/mol. The maximum atomic E-state index is 12.9. The molecule has 0 atom stereocenters. The first-order valence-electron chi connectivity index (χ1n) is 14.5. The van der Waals surface area contributed by atoms with Crippen LogP contribution in [0.2, 0.25) is 0 Å². The minimum atomic E-state index is -4.25. The smallest absolute Gasteiger partial charge is 0.367 e. The van der Waals surface area contributed by atoms with Crippen molar-refractivity contribution in [1.29, 1.82) is 5.26 Å². The number of nitrogens with zero attached hydrogens (tertiary/aromatic N) is 5. The highest BCUT2D eigenvalue weighted by atomic mass is 32.1. The number of benzene rings is 2. The van der Waals surface area contributed by atoms with Gasteiger partial charge in [0.25, 0.3) is 0 Å². The van der Waals surface area contributed by atoms with Gasteiger partial charge in [-0.15, -0.1) is 11.3 Å². The zero-order chi connectivity index (χ0) is 30.1. The molecule has 0 spiro atoms. The van der Waals surface area contributed by atoms with E-state index < -0.39 is 12.6 Å². The van der Waals surface area contributed by atoms with E-state index >= 15 is 0 Å². The number of hydrogen-bond acceptors (Lipinski definition) is 6.